The van der Waals surface area contributed by atoms with Crippen molar-refractivity contribution in [1.29, 1.82) is 0 Å². The lowest BCUT2D eigenvalue weighted by Gasteiger charge is -2.06. The van der Waals surface area contributed by atoms with E-state index in [-0.39, 0.29) is 5.91 Å². The van der Waals surface area contributed by atoms with Gasteiger partial charge in [0.15, 0.2) is 5.16 Å². The molecule has 25 heavy (non-hydrogen) atoms. The number of benzene rings is 2. The van der Waals surface area contributed by atoms with Crippen LogP contribution in [0.3, 0.4) is 0 Å². The minimum Gasteiger partial charge on any atom is -0.384 e. The van der Waals surface area contributed by atoms with Crippen LogP contribution in [0.1, 0.15) is 21.6 Å². The lowest BCUT2D eigenvalue weighted by Crippen LogP contribution is -2.11. The number of nitrogens with one attached hydrogen (secondary N) is 1. The summed E-state index contributed by atoms with van der Waals surface area (Å²) in [6.45, 7) is 1.89. The van der Waals surface area contributed by atoms with Gasteiger partial charge in [0, 0.05) is 28.8 Å². The van der Waals surface area contributed by atoms with Gasteiger partial charge in [0.1, 0.15) is 5.82 Å². The number of nitrogens with two attached hydrogens (primary N) is 1. The summed E-state index contributed by atoms with van der Waals surface area (Å²) in [6, 6.07) is 18.6. The number of thioether (sulfide) groups is 1. The molecular formula is C19H18N4OS. The second-order valence-electron chi connectivity index (χ2n) is 5.52. The van der Waals surface area contributed by atoms with Gasteiger partial charge in [-0.25, -0.2) is 9.97 Å². The molecule has 0 spiro atoms. The molecule has 1 amide bonds. The highest BCUT2D eigenvalue weighted by atomic mass is 32.2. The highest BCUT2D eigenvalue weighted by Gasteiger charge is 2.07. The molecule has 2 aromatic carbocycles. The molecule has 0 unspecified atom stereocenters. The lowest BCUT2D eigenvalue weighted by atomic mass is 10.1. The Morgan fingerprint density at radius 1 is 1.08 bits per heavy atom. The number of para-hydroxylation sites is 1. The number of hydrogen-bond donors (Lipinski definition) is 2. The zero-order chi connectivity index (χ0) is 17.6. The predicted octanol–water partition coefficient (Wildman–Crippen LogP) is 3.91. The molecule has 126 valence electrons. The first-order valence-electron chi connectivity index (χ1n) is 7.79. The summed E-state index contributed by atoms with van der Waals surface area (Å²) in [5.74, 6) is 1.06. The molecule has 0 aliphatic carbocycles. The number of anilines is 2. The molecule has 0 bridgehead atoms. The Kier molecular flexibility index (Phi) is 5.30. The monoisotopic (exact) mass is 350 g/mol. The van der Waals surface area contributed by atoms with Crippen LogP contribution in [0.2, 0.25) is 0 Å². The maximum atomic E-state index is 12.2. The molecule has 3 N–H and O–H groups in total. The summed E-state index contributed by atoms with van der Waals surface area (Å²) in [5, 5.41) is 3.53. The molecule has 0 atom stereocenters. The van der Waals surface area contributed by atoms with Gasteiger partial charge in [0.05, 0.1) is 0 Å². The molecular weight excluding hydrogens is 332 g/mol. The van der Waals surface area contributed by atoms with Gasteiger partial charge < -0.3 is 11.1 Å². The van der Waals surface area contributed by atoms with Crippen molar-refractivity contribution in [3.05, 3.63) is 77.5 Å². The van der Waals surface area contributed by atoms with Gasteiger partial charge in [-0.1, -0.05) is 42.1 Å². The fourth-order valence-corrected chi connectivity index (χ4v) is 3.12. The number of nitrogens with zero attached hydrogens (tertiary/aromatic N) is 2. The van der Waals surface area contributed by atoms with Crippen LogP contribution in [0, 0.1) is 6.92 Å². The highest BCUT2D eigenvalue weighted by Crippen LogP contribution is 2.21. The third-order valence-electron chi connectivity index (χ3n) is 3.47. The largest absolute Gasteiger partial charge is 0.384 e. The maximum Gasteiger partial charge on any atom is 0.255 e. The van der Waals surface area contributed by atoms with Crippen molar-refractivity contribution in [2.75, 3.05) is 11.1 Å². The van der Waals surface area contributed by atoms with Crippen molar-refractivity contribution >= 4 is 29.2 Å². The van der Waals surface area contributed by atoms with E-state index in [1.807, 2.05) is 61.5 Å². The van der Waals surface area contributed by atoms with Gasteiger partial charge in [-0.15, -0.1) is 0 Å². The fourth-order valence-electron chi connectivity index (χ4n) is 2.25. The standard InChI is InChI=1S/C19H18N4OS/c1-13-11-17(20)23-19(21-13)25-12-14-7-9-15(10-8-14)18(24)22-16-5-3-2-4-6-16/h2-11H,12H2,1H3,(H,22,24)(H2,20,21,23). The second-order valence-corrected chi connectivity index (χ2v) is 6.47. The third-order valence-corrected chi connectivity index (χ3v) is 4.39. The number of rotatable bonds is 5. The molecule has 5 nitrogen and oxygen atoms in total. The van der Waals surface area contributed by atoms with E-state index in [0.29, 0.717) is 22.3 Å². The summed E-state index contributed by atoms with van der Waals surface area (Å²) in [7, 11) is 0. The lowest BCUT2D eigenvalue weighted by molar-refractivity contribution is 0.102. The van der Waals surface area contributed by atoms with Crippen LogP contribution < -0.4 is 11.1 Å². The van der Waals surface area contributed by atoms with Gasteiger partial charge >= 0.3 is 0 Å². The zero-order valence-electron chi connectivity index (χ0n) is 13.8. The Morgan fingerprint density at radius 3 is 2.48 bits per heavy atom. The minimum atomic E-state index is -0.125. The Morgan fingerprint density at radius 2 is 1.80 bits per heavy atom. The summed E-state index contributed by atoms with van der Waals surface area (Å²) in [4.78, 5) is 20.8. The number of aryl methyl sites for hydroxylation is 1. The van der Waals surface area contributed by atoms with Crippen molar-refractivity contribution in [2.24, 2.45) is 0 Å². The number of carbonyl (C=O) groups is 1. The van der Waals surface area contributed by atoms with E-state index in [1.54, 1.807) is 6.07 Å². The molecule has 3 rings (SSSR count). The normalized spacial score (nSPS) is 10.4. The summed E-state index contributed by atoms with van der Waals surface area (Å²) >= 11 is 1.52. The molecule has 6 heteroatoms. The maximum absolute atomic E-state index is 12.2. The Balaban J connectivity index is 1.61. The third kappa shape index (κ3) is 4.81. The first-order valence-corrected chi connectivity index (χ1v) is 8.78. The topological polar surface area (TPSA) is 80.9 Å². The van der Waals surface area contributed by atoms with Crippen molar-refractivity contribution in [1.82, 2.24) is 9.97 Å². The van der Waals surface area contributed by atoms with Crippen LogP contribution in [0.4, 0.5) is 11.5 Å². The van der Waals surface area contributed by atoms with E-state index in [0.717, 1.165) is 16.9 Å². The van der Waals surface area contributed by atoms with Crippen LogP contribution in [0.5, 0.6) is 0 Å². The average Bonchev–Trinajstić information content (AvgIpc) is 2.60. The van der Waals surface area contributed by atoms with Gasteiger partial charge in [-0.3, -0.25) is 4.79 Å². The van der Waals surface area contributed by atoms with Crippen LogP contribution in [0.25, 0.3) is 0 Å². The van der Waals surface area contributed by atoms with Crippen LogP contribution in [0.15, 0.2) is 65.8 Å². The molecule has 0 fully saturated rings. The molecule has 0 saturated heterocycles. The Labute approximate surface area is 150 Å². The predicted molar refractivity (Wildman–Crippen MR) is 102 cm³/mol. The first kappa shape index (κ1) is 17.0. The first-order chi connectivity index (χ1) is 12.1. The van der Waals surface area contributed by atoms with E-state index in [4.69, 9.17) is 5.73 Å². The van der Waals surface area contributed by atoms with Gasteiger partial charge in [-0.05, 0) is 36.8 Å². The zero-order valence-corrected chi connectivity index (χ0v) is 14.6. The minimum absolute atomic E-state index is 0.125. The summed E-state index contributed by atoms with van der Waals surface area (Å²) in [5.41, 5.74) is 9.07. The molecule has 0 aliphatic rings. The Hall–Kier alpha value is -2.86. The van der Waals surface area contributed by atoms with E-state index < -0.39 is 0 Å². The second kappa shape index (κ2) is 7.81. The van der Waals surface area contributed by atoms with Crippen molar-refractivity contribution in [3.63, 3.8) is 0 Å². The van der Waals surface area contributed by atoms with E-state index in [9.17, 15) is 4.79 Å². The fraction of sp³-hybridized carbons (Fsp3) is 0.105. The number of amides is 1. The van der Waals surface area contributed by atoms with E-state index >= 15 is 0 Å². The van der Waals surface area contributed by atoms with Gasteiger partial charge in [0.2, 0.25) is 0 Å². The number of aromatic nitrogens is 2. The highest BCUT2D eigenvalue weighted by molar-refractivity contribution is 7.98. The van der Waals surface area contributed by atoms with E-state index in [2.05, 4.69) is 15.3 Å². The Bertz CT molecular complexity index is 846. The SMILES string of the molecule is Cc1cc(N)nc(SCc2ccc(C(=O)Nc3ccccc3)cc2)n1. The summed E-state index contributed by atoms with van der Waals surface area (Å²) in [6.07, 6.45) is 0. The van der Waals surface area contributed by atoms with Crippen molar-refractivity contribution in [2.45, 2.75) is 17.8 Å². The molecule has 0 radical (unpaired) electrons. The molecule has 0 aliphatic heterocycles. The van der Waals surface area contributed by atoms with Crippen LogP contribution in [-0.2, 0) is 5.75 Å². The average molecular weight is 350 g/mol. The van der Waals surface area contributed by atoms with Crippen LogP contribution >= 0.6 is 11.8 Å². The molecule has 3 aromatic rings. The number of nitrogen functional groups attached to an aromatic ring is 1. The number of carbonyl (C=O) groups excluding carboxylic acids is 1. The smallest absolute Gasteiger partial charge is 0.255 e. The van der Waals surface area contributed by atoms with Crippen molar-refractivity contribution in [3.8, 4) is 0 Å². The van der Waals surface area contributed by atoms with Gasteiger partial charge in [0.25, 0.3) is 5.91 Å². The molecule has 0 saturated carbocycles. The molecule has 1 aromatic heterocycles. The van der Waals surface area contributed by atoms with Crippen molar-refractivity contribution < 1.29 is 4.79 Å². The van der Waals surface area contributed by atoms with E-state index in [1.165, 1.54) is 11.8 Å². The summed E-state index contributed by atoms with van der Waals surface area (Å²) < 4.78 is 0. The quantitative estimate of drug-likeness (QED) is 0.538. The number of hydrogen-bond acceptors (Lipinski definition) is 5. The van der Waals surface area contributed by atoms with Crippen LogP contribution in [-0.4, -0.2) is 15.9 Å². The molecule has 1 heterocycles. The van der Waals surface area contributed by atoms with Gasteiger partial charge in [-0.2, -0.15) is 0 Å².